The number of para-hydroxylation sites is 1. The van der Waals surface area contributed by atoms with E-state index in [1.165, 1.54) is 5.56 Å². The van der Waals surface area contributed by atoms with Crippen LogP contribution in [0.1, 0.15) is 51.5 Å². The van der Waals surface area contributed by atoms with E-state index in [1.54, 1.807) is 21.0 Å². The van der Waals surface area contributed by atoms with E-state index in [9.17, 15) is 8.42 Å². The Morgan fingerprint density at radius 2 is 1.70 bits per heavy atom. The van der Waals surface area contributed by atoms with Gasteiger partial charge in [-0.25, -0.2) is 8.42 Å². The fourth-order valence-electron chi connectivity index (χ4n) is 4.83. The minimum Gasteiger partial charge on any atom is -0.496 e. The minimum atomic E-state index is -2.94. The van der Waals surface area contributed by atoms with E-state index in [0.717, 1.165) is 66.2 Å². The lowest BCUT2D eigenvalue weighted by atomic mass is 9.80. The van der Waals surface area contributed by atoms with Gasteiger partial charge in [0, 0.05) is 5.39 Å². The smallest absolute Gasteiger partial charge is 0.152 e. The lowest BCUT2D eigenvalue weighted by molar-refractivity contribution is 0.278. The summed E-state index contributed by atoms with van der Waals surface area (Å²) in [4.78, 5) is 0. The van der Waals surface area contributed by atoms with Crippen LogP contribution in [0.4, 0.5) is 0 Å². The number of hydrogen-bond donors (Lipinski definition) is 0. The van der Waals surface area contributed by atoms with E-state index in [4.69, 9.17) is 9.15 Å². The van der Waals surface area contributed by atoms with Crippen molar-refractivity contribution in [2.75, 3.05) is 12.9 Å². The van der Waals surface area contributed by atoms with E-state index in [-0.39, 0.29) is 5.25 Å². The van der Waals surface area contributed by atoms with Crippen LogP contribution in [0.3, 0.4) is 0 Å². The fraction of sp³-hybridized carbons (Fsp3) is 0.520. The number of hydrogen-bond acceptors (Lipinski definition) is 4. The average molecular weight is 429 g/mol. The van der Waals surface area contributed by atoms with Crippen LogP contribution >= 0.6 is 0 Å². The molecule has 2 aromatic carbocycles. The molecule has 0 saturated heterocycles. The van der Waals surface area contributed by atoms with Gasteiger partial charge in [0.05, 0.1) is 23.5 Å². The molecule has 1 heterocycles. The zero-order chi connectivity index (χ0) is 21.3. The monoisotopic (exact) mass is 428 g/mol. The van der Waals surface area contributed by atoms with Crippen molar-refractivity contribution in [3.63, 3.8) is 0 Å². The molecule has 0 radical (unpaired) electrons. The number of benzene rings is 2. The van der Waals surface area contributed by atoms with Crippen LogP contribution < -0.4 is 4.74 Å². The predicted octanol–water partition coefficient (Wildman–Crippen LogP) is 6.16. The molecule has 1 saturated carbocycles. The van der Waals surface area contributed by atoms with Gasteiger partial charge in [0.2, 0.25) is 0 Å². The number of aryl methyl sites for hydroxylation is 1. The molecule has 0 amide bonds. The van der Waals surface area contributed by atoms with Crippen LogP contribution in [0, 0.1) is 11.8 Å². The number of fused-ring (bicyclic) bond motifs is 3. The van der Waals surface area contributed by atoms with Gasteiger partial charge in [-0.3, -0.25) is 0 Å². The van der Waals surface area contributed by atoms with Gasteiger partial charge in [0.25, 0.3) is 0 Å². The summed E-state index contributed by atoms with van der Waals surface area (Å²) in [5.74, 6) is 2.27. The molecule has 0 spiro atoms. The molecule has 1 aliphatic carbocycles. The number of rotatable bonds is 7. The lowest BCUT2D eigenvalue weighted by Gasteiger charge is -2.29. The minimum absolute atomic E-state index is 0.267. The van der Waals surface area contributed by atoms with Crippen molar-refractivity contribution in [1.29, 1.82) is 0 Å². The summed E-state index contributed by atoms with van der Waals surface area (Å²) in [6.07, 6.45) is 6.38. The number of furan rings is 1. The molecule has 0 aliphatic heterocycles. The van der Waals surface area contributed by atoms with E-state index < -0.39 is 9.84 Å². The van der Waals surface area contributed by atoms with Gasteiger partial charge >= 0.3 is 0 Å². The standard InChI is InChI=1S/C25H32O4S/c1-17(2)30(26,27)16-19-10-8-18(9-11-19)12-13-20-14-15-23-24(25(20)28-3)21-6-4-5-7-22(21)29-23/h4-7,14-15,17-19H,8-13,16H2,1-3H3. The van der Waals surface area contributed by atoms with Gasteiger partial charge in [-0.1, -0.05) is 37.1 Å². The van der Waals surface area contributed by atoms with Gasteiger partial charge in [-0.05, 0) is 69.1 Å². The van der Waals surface area contributed by atoms with Crippen molar-refractivity contribution < 1.29 is 17.6 Å². The quantitative estimate of drug-likeness (QED) is 0.452. The molecule has 1 fully saturated rings. The van der Waals surface area contributed by atoms with Gasteiger partial charge in [-0.2, -0.15) is 0 Å². The van der Waals surface area contributed by atoms with Gasteiger partial charge in [-0.15, -0.1) is 0 Å². The Morgan fingerprint density at radius 3 is 2.40 bits per heavy atom. The van der Waals surface area contributed by atoms with Gasteiger partial charge in [0.1, 0.15) is 16.9 Å². The third-order valence-corrected chi connectivity index (χ3v) is 9.13. The molecular weight excluding hydrogens is 396 g/mol. The van der Waals surface area contributed by atoms with E-state index >= 15 is 0 Å². The first-order chi connectivity index (χ1) is 14.4. The SMILES string of the molecule is COc1c(CCC2CCC(CS(=O)(=O)C(C)C)CC2)ccc2oc3ccccc3c12. The average Bonchev–Trinajstić information content (AvgIpc) is 3.11. The highest BCUT2D eigenvalue weighted by molar-refractivity contribution is 7.91. The number of methoxy groups -OCH3 is 1. The molecule has 0 unspecified atom stereocenters. The normalized spacial score (nSPS) is 20.3. The summed E-state index contributed by atoms with van der Waals surface area (Å²) in [6.45, 7) is 3.57. The van der Waals surface area contributed by atoms with Crippen LogP contribution in [0.5, 0.6) is 5.75 Å². The molecule has 30 heavy (non-hydrogen) atoms. The second-order valence-electron chi connectivity index (χ2n) is 9.03. The number of sulfone groups is 1. The van der Waals surface area contributed by atoms with E-state index in [2.05, 4.69) is 18.2 Å². The Hall–Kier alpha value is -2.01. The summed E-state index contributed by atoms with van der Waals surface area (Å²) in [7, 11) is -1.20. The molecule has 5 heteroatoms. The van der Waals surface area contributed by atoms with Crippen LogP contribution in [-0.4, -0.2) is 26.5 Å². The summed E-state index contributed by atoms with van der Waals surface area (Å²) in [5.41, 5.74) is 2.97. The molecule has 0 N–H and O–H groups in total. The van der Waals surface area contributed by atoms with Gasteiger partial charge in [0.15, 0.2) is 9.84 Å². The molecule has 0 atom stereocenters. The van der Waals surface area contributed by atoms with Crippen LogP contribution in [0.2, 0.25) is 0 Å². The molecule has 4 rings (SSSR count). The largest absolute Gasteiger partial charge is 0.496 e. The Bertz CT molecular complexity index is 1120. The molecule has 3 aromatic rings. The summed E-state index contributed by atoms with van der Waals surface area (Å²) >= 11 is 0. The highest BCUT2D eigenvalue weighted by Gasteiger charge is 2.27. The zero-order valence-corrected chi connectivity index (χ0v) is 19.0. The van der Waals surface area contributed by atoms with E-state index in [1.807, 2.05) is 18.2 Å². The molecule has 1 aliphatic rings. The molecular formula is C25H32O4S. The molecule has 162 valence electrons. The first-order valence-corrected chi connectivity index (χ1v) is 12.8. The summed E-state index contributed by atoms with van der Waals surface area (Å²) < 4.78 is 36.3. The Labute approximate surface area is 179 Å². The maximum Gasteiger partial charge on any atom is 0.152 e. The Morgan fingerprint density at radius 1 is 1.00 bits per heavy atom. The topological polar surface area (TPSA) is 56.5 Å². The second kappa shape index (κ2) is 8.62. The predicted molar refractivity (Wildman–Crippen MR) is 123 cm³/mol. The Kier molecular flexibility index (Phi) is 6.10. The van der Waals surface area contributed by atoms with Crippen molar-refractivity contribution >= 4 is 31.8 Å². The lowest BCUT2D eigenvalue weighted by Crippen LogP contribution is -2.26. The first-order valence-electron chi connectivity index (χ1n) is 11.1. The molecule has 4 nitrogen and oxygen atoms in total. The third kappa shape index (κ3) is 4.22. The van der Waals surface area contributed by atoms with Crippen LogP contribution in [0.15, 0.2) is 40.8 Å². The van der Waals surface area contributed by atoms with Crippen LogP contribution in [0.25, 0.3) is 21.9 Å². The summed E-state index contributed by atoms with van der Waals surface area (Å²) in [5, 5.41) is 1.89. The number of ether oxygens (including phenoxy) is 1. The molecule has 1 aromatic heterocycles. The zero-order valence-electron chi connectivity index (χ0n) is 18.2. The van der Waals surface area contributed by atoms with Crippen molar-refractivity contribution in [3.8, 4) is 5.75 Å². The van der Waals surface area contributed by atoms with Crippen molar-refractivity contribution in [2.24, 2.45) is 11.8 Å². The molecule has 0 bridgehead atoms. The first kappa shape index (κ1) is 21.2. The third-order valence-electron chi connectivity index (χ3n) is 6.76. The van der Waals surface area contributed by atoms with Crippen molar-refractivity contribution in [3.05, 3.63) is 42.0 Å². The maximum absolute atomic E-state index is 12.2. The van der Waals surface area contributed by atoms with Crippen molar-refractivity contribution in [2.45, 2.75) is 57.6 Å². The summed E-state index contributed by atoms with van der Waals surface area (Å²) in [6, 6.07) is 12.3. The van der Waals surface area contributed by atoms with Crippen LogP contribution in [-0.2, 0) is 16.3 Å². The van der Waals surface area contributed by atoms with E-state index in [0.29, 0.717) is 17.6 Å². The second-order valence-corrected chi connectivity index (χ2v) is 11.6. The Balaban J connectivity index is 1.43. The van der Waals surface area contributed by atoms with Gasteiger partial charge < -0.3 is 9.15 Å². The highest BCUT2D eigenvalue weighted by atomic mass is 32.2. The highest BCUT2D eigenvalue weighted by Crippen LogP contribution is 2.39. The maximum atomic E-state index is 12.2. The van der Waals surface area contributed by atoms with Crippen molar-refractivity contribution in [1.82, 2.24) is 0 Å². The fourth-order valence-corrected chi connectivity index (χ4v) is 6.20.